The summed E-state index contributed by atoms with van der Waals surface area (Å²) in [4.78, 5) is 2.68. The number of benzene rings is 1. The van der Waals surface area contributed by atoms with Crippen molar-refractivity contribution in [3.05, 3.63) is 35.9 Å². The number of thiocarbonyl (C=S) groups is 1. The third kappa shape index (κ3) is 4.45. The van der Waals surface area contributed by atoms with Crippen LogP contribution in [0.5, 0.6) is 0 Å². The fraction of sp³-hybridized carbons (Fsp3) is 0.632. The SMILES string of the molecule is C[C@@H](NC(=S)N[C@@H]1CCCC[C@H]1N1CCCC1)c1ccccc1. The second-order valence-corrected chi connectivity index (χ2v) is 7.36. The van der Waals surface area contributed by atoms with E-state index in [0.717, 1.165) is 5.11 Å². The number of nitrogens with zero attached hydrogens (tertiary/aromatic N) is 1. The van der Waals surface area contributed by atoms with Gasteiger partial charge in [0, 0.05) is 12.1 Å². The number of rotatable bonds is 4. The first kappa shape index (κ1) is 16.7. The van der Waals surface area contributed by atoms with Crippen LogP contribution in [0.2, 0.25) is 0 Å². The molecule has 1 aliphatic heterocycles. The third-order valence-electron chi connectivity index (χ3n) is 5.30. The van der Waals surface area contributed by atoms with Crippen molar-refractivity contribution in [2.45, 2.75) is 63.6 Å². The molecule has 1 aromatic rings. The summed E-state index contributed by atoms with van der Waals surface area (Å²) < 4.78 is 0. The van der Waals surface area contributed by atoms with Crippen LogP contribution >= 0.6 is 12.2 Å². The molecule has 2 N–H and O–H groups in total. The molecule has 1 aliphatic carbocycles. The van der Waals surface area contributed by atoms with E-state index in [9.17, 15) is 0 Å². The first-order chi connectivity index (χ1) is 11.2. The summed E-state index contributed by atoms with van der Waals surface area (Å²) in [7, 11) is 0. The molecule has 1 saturated carbocycles. The quantitative estimate of drug-likeness (QED) is 0.824. The number of hydrogen-bond donors (Lipinski definition) is 2. The summed E-state index contributed by atoms with van der Waals surface area (Å²) in [6.07, 6.45) is 7.95. The molecule has 0 radical (unpaired) electrons. The van der Waals surface area contributed by atoms with E-state index in [1.807, 2.05) is 0 Å². The van der Waals surface area contributed by atoms with Gasteiger partial charge in [0.2, 0.25) is 0 Å². The summed E-state index contributed by atoms with van der Waals surface area (Å²) >= 11 is 5.60. The molecule has 0 amide bonds. The standard InChI is InChI=1S/C19H29N3S/c1-15(16-9-3-2-4-10-16)20-19(23)21-17-11-5-6-12-18(17)22-13-7-8-14-22/h2-4,9-10,15,17-18H,5-8,11-14H2,1H3,(H2,20,21,23)/t15-,17-,18-/m1/s1. The number of nitrogens with one attached hydrogen (secondary N) is 2. The van der Waals surface area contributed by atoms with Crippen molar-refractivity contribution in [3.63, 3.8) is 0 Å². The molecular formula is C19H29N3S. The van der Waals surface area contributed by atoms with Gasteiger partial charge in [0.15, 0.2) is 5.11 Å². The van der Waals surface area contributed by atoms with Crippen LogP contribution in [0.4, 0.5) is 0 Å². The van der Waals surface area contributed by atoms with Crippen molar-refractivity contribution in [2.75, 3.05) is 13.1 Å². The average Bonchev–Trinajstić information content (AvgIpc) is 3.10. The van der Waals surface area contributed by atoms with E-state index in [2.05, 4.69) is 52.8 Å². The summed E-state index contributed by atoms with van der Waals surface area (Å²) in [5.74, 6) is 0. The lowest BCUT2D eigenvalue weighted by Gasteiger charge is -2.39. The summed E-state index contributed by atoms with van der Waals surface area (Å²) in [6.45, 7) is 4.70. The highest BCUT2D eigenvalue weighted by Gasteiger charge is 2.31. The largest absolute Gasteiger partial charge is 0.358 e. The molecule has 2 aliphatic rings. The molecule has 1 saturated heterocycles. The third-order valence-corrected chi connectivity index (χ3v) is 5.54. The van der Waals surface area contributed by atoms with E-state index >= 15 is 0 Å². The Balaban J connectivity index is 1.55. The maximum absolute atomic E-state index is 5.60. The van der Waals surface area contributed by atoms with Crippen LogP contribution in [0.25, 0.3) is 0 Å². The highest BCUT2D eigenvalue weighted by Crippen LogP contribution is 2.26. The van der Waals surface area contributed by atoms with Crippen LogP contribution in [0.1, 0.15) is 57.1 Å². The van der Waals surface area contributed by atoms with E-state index in [4.69, 9.17) is 12.2 Å². The molecule has 4 heteroatoms. The minimum atomic E-state index is 0.241. The molecule has 1 heterocycles. The lowest BCUT2D eigenvalue weighted by Crippen LogP contribution is -2.54. The van der Waals surface area contributed by atoms with Gasteiger partial charge in [-0.15, -0.1) is 0 Å². The van der Waals surface area contributed by atoms with Crippen molar-refractivity contribution >= 4 is 17.3 Å². The zero-order chi connectivity index (χ0) is 16.1. The van der Waals surface area contributed by atoms with E-state index in [1.54, 1.807) is 0 Å². The van der Waals surface area contributed by atoms with Gasteiger partial charge in [-0.05, 0) is 63.5 Å². The number of likely N-dealkylation sites (tertiary alicyclic amines) is 1. The van der Waals surface area contributed by atoms with Crippen molar-refractivity contribution < 1.29 is 0 Å². The molecular weight excluding hydrogens is 302 g/mol. The monoisotopic (exact) mass is 331 g/mol. The predicted molar refractivity (Wildman–Crippen MR) is 101 cm³/mol. The van der Waals surface area contributed by atoms with Gasteiger partial charge in [0.05, 0.1) is 6.04 Å². The van der Waals surface area contributed by atoms with E-state index in [0.29, 0.717) is 12.1 Å². The zero-order valence-corrected chi connectivity index (χ0v) is 14.9. The Hall–Kier alpha value is -1.13. The minimum absolute atomic E-state index is 0.241. The van der Waals surface area contributed by atoms with Gasteiger partial charge in [-0.25, -0.2) is 0 Å². The molecule has 23 heavy (non-hydrogen) atoms. The van der Waals surface area contributed by atoms with Crippen LogP contribution in [0.3, 0.4) is 0 Å². The van der Waals surface area contributed by atoms with Gasteiger partial charge in [0.25, 0.3) is 0 Å². The highest BCUT2D eigenvalue weighted by molar-refractivity contribution is 7.80. The van der Waals surface area contributed by atoms with Crippen LogP contribution in [-0.4, -0.2) is 35.2 Å². The topological polar surface area (TPSA) is 27.3 Å². The van der Waals surface area contributed by atoms with Gasteiger partial charge >= 0.3 is 0 Å². The summed E-state index contributed by atoms with van der Waals surface area (Å²) in [5, 5.41) is 7.88. The molecule has 3 rings (SSSR count). The molecule has 0 spiro atoms. The second kappa shape index (κ2) is 8.11. The van der Waals surface area contributed by atoms with Gasteiger partial charge in [0.1, 0.15) is 0 Å². The smallest absolute Gasteiger partial charge is 0.167 e. The molecule has 3 atom stereocenters. The fourth-order valence-corrected chi connectivity index (χ4v) is 4.35. The average molecular weight is 332 g/mol. The summed E-state index contributed by atoms with van der Waals surface area (Å²) in [6, 6.07) is 11.9. The van der Waals surface area contributed by atoms with Crippen molar-refractivity contribution in [1.29, 1.82) is 0 Å². The van der Waals surface area contributed by atoms with E-state index in [1.165, 1.54) is 57.2 Å². The van der Waals surface area contributed by atoms with E-state index < -0.39 is 0 Å². The van der Waals surface area contributed by atoms with Gasteiger partial charge in [-0.1, -0.05) is 43.2 Å². The Bertz CT molecular complexity index is 499. The highest BCUT2D eigenvalue weighted by atomic mass is 32.1. The fourth-order valence-electron chi connectivity index (χ4n) is 4.02. The summed E-state index contributed by atoms with van der Waals surface area (Å²) in [5.41, 5.74) is 1.27. The maximum Gasteiger partial charge on any atom is 0.167 e. The Morgan fingerprint density at radius 1 is 1.09 bits per heavy atom. The second-order valence-electron chi connectivity index (χ2n) is 6.95. The van der Waals surface area contributed by atoms with E-state index in [-0.39, 0.29) is 6.04 Å². The molecule has 126 valence electrons. The normalized spacial score (nSPS) is 26.7. The van der Waals surface area contributed by atoms with Gasteiger partial charge in [-0.2, -0.15) is 0 Å². The predicted octanol–water partition coefficient (Wildman–Crippen LogP) is 3.62. The van der Waals surface area contributed by atoms with Crippen molar-refractivity contribution in [1.82, 2.24) is 15.5 Å². The number of hydrogen-bond acceptors (Lipinski definition) is 2. The Labute approximate surface area is 145 Å². The lowest BCUT2D eigenvalue weighted by molar-refractivity contribution is 0.158. The van der Waals surface area contributed by atoms with Crippen LogP contribution in [0.15, 0.2) is 30.3 Å². The molecule has 0 bridgehead atoms. The van der Waals surface area contributed by atoms with Crippen LogP contribution in [0, 0.1) is 0 Å². The first-order valence-electron chi connectivity index (χ1n) is 9.10. The van der Waals surface area contributed by atoms with Crippen LogP contribution in [-0.2, 0) is 0 Å². The van der Waals surface area contributed by atoms with Crippen molar-refractivity contribution in [2.24, 2.45) is 0 Å². The van der Waals surface area contributed by atoms with Crippen molar-refractivity contribution in [3.8, 4) is 0 Å². The van der Waals surface area contributed by atoms with Crippen LogP contribution < -0.4 is 10.6 Å². The van der Waals surface area contributed by atoms with Gasteiger partial charge in [-0.3, -0.25) is 4.90 Å². The Morgan fingerprint density at radius 3 is 2.52 bits per heavy atom. The zero-order valence-electron chi connectivity index (χ0n) is 14.1. The first-order valence-corrected chi connectivity index (χ1v) is 9.51. The van der Waals surface area contributed by atoms with Gasteiger partial charge < -0.3 is 10.6 Å². The Morgan fingerprint density at radius 2 is 1.78 bits per heavy atom. The molecule has 3 nitrogen and oxygen atoms in total. The maximum atomic E-state index is 5.60. The molecule has 2 fully saturated rings. The lowest BCUT2D eigenvalue weighted by atomic mass is 9.89. The molecule has 1 aromatic carbocycles. The Kier molecular flexibility index (Phi) is 5.90. The molecule has 0 unspecified atom stereocenters. The minimum Gasteiger partial charge on any atom is -0.358 e. The molecule has 0 aromatic heterocycles.